The SMILES string of the molecule is COCCNC(=O)CCc1nnc2n(Cc3ccc(Cl)cc3)c(=O)c3ccccc3n12. The molecule has 4 aromatic rings. The van der Waals surface area contributed by atoms with E-state index >= 15 is 0 Å². The van der Waals surface area contributed by atoms with Crippen molar-refractivity contribution in [3.63, 3.8) is 0 Å². The zero-order chi connectivity index (χ0) is 21.8. The van der Waals surface area contributed by atoms with Crippen LogP contribution in [0.1, 0.15) is 17.8 Å². The van der Waals surface area contributed by atoms with Gasteiger partial charge in [0.05, 0.1) is 24.1 Å². The molecule has 1 N–H and O–H groups in total. The van der Waals surface area contributed by atoms with E-state index < -0.39 is 0 Å². The van der Waals surface area contributed by atoms with Crippen LogP contribution in [0.3, 0.4) is 0 Å². The third-order valence-electron chi connectivity index (χ3n) is 5.03. The summed E-state index contributed by atoms with van der Waals surface area (Å²) >= 11 is 5.99. The number of methoxy groups -OCH3 is 1. The zero-order valence-electron chi connectivity index (χ0n) is 17.0. The Morgan fingerprint density at radius 1 is 1.13 bits per heavy atom. The summed E-state index contributed by atoms with van der Waals surface area (Å²) in [7, 11) is 1.59. The summed E-state index contributed by atoms with van der Waals surface area (Å²) in [5, 5.41) is 12.6. The lowest BCUT2D eigenvalue weighted by atomic mass is 10.2. The molecular weight excluding hydrogens is 418 g/mol. The fourth-order valence-corrected chi connectivity index (χ4v) is 3.62. The Balaban J connectivity index is 1.73. The van der Waals surface area contributed by atoms with Gasteiger partial charge in [-0.15, -0.1) is 10.2 Å². The van der Waals surface area contributed by atoms with Crippen LogP contribution < -0.4 is 10.9 Å². The first-order chi connectivity index (χ1) is 15.1. The molecule has 0 spiro atoms. The smallest absolute Gasteiger partial charge is 0.263 e. The van der Waals surface area contributed by atoms with E-state index in [2.05, 4.69) is 15.5 Å². The van der Waals surface area contributed by atoms with Crippen molar-refractivity contribution in [3.8, 4) is 0 Å². The molecule has 9 heteroatoms. The number of aromatic nitrogens is 4. The number of rotatable bonds is 8. The Morgan fingerprint density at radius 2 is 1.90 bits per heavy atom. The number of ether oxygens (including phenoxy) is 1. The second kappa shape index (κ2) is 9.28. The van der Waals surface area contributed by atoms with Crippen LogP contribution in [0.25, 0.3) is 16.7 Å². The Kier molecular flexibility index (Phi) is 6.29. The molecule has 0 radical (unpaired) electrons. The van der Waals surface area contributed by atoms with E-state index in [0.717, 1.165) is 11.1 Å². The van der Waals surface area contributed by atoms with Crippen LogP contribution in [0.5, 0.6) is 0 Å². The Bertz CT molecular complexity index is 1280. The van der Waals surface area contributed by atoms with Gasteiger partial charge in [-0.05, 0) is 29.8 Å². The molecule has 0 unspecified atom stereocenters. The number of benzene rings is 2. The number of nitrogens with zero attached hydrogens (tertiary/aromatic N) is 4. The van der Waals surface area contributed by atoms with Gasteiger partial charge in [0.1, 0.15) is 5.82 Å². The number of nitrogens with one attached hydrogen (secondary N) is 1. The van der Waals surface area contributed by atoms with Crippen molar-refractivity contribution < 1.29 is 9.53 Å². The van der Waals surface area contributed by atoms with E-state index in [4.69, 9.17) is 16.3 Å². The number of para-hydroxylation sites is 1. The topological polar surface area (TPSA) is 90.5 Å². The van der Waals surface area contributed by atoms with E-state index in [1.807, 2.05) is 34.7 Å². The first-order valence-corrected chi connectivity index (χ1v) is 10.3. The number of hydrogen-bond acceptors (Lipinski definition) is 5. The first kappa shape index (κ1) is 21.0. The Hall–Kier alpha value is -3.23. The average molecular weight is 440 g/mol. The summed E-state index contributed by atoms with van der Waals surface area (Å²) in [5.74, 6) is 0.971. The fraction of sp³-hybridized carbons (Fsp3) is 0.273. The first-order valence-electron chi connectivity index (χ1n) is 9.94. The highest BCUT2D eigenvalue weighted by Crippen LogP contribution is 2.17. The molecule has 1 amide bonds. The fourth-order valence-electron chi connectivity index (χ4n) is 3.50. The molecule has 4 rings (SSSR count). The highest BCUT2D eigenvalue weighted by Gasteiger charge is 2.17. The number of halogens is 1. The van der Waals surface area contributed by atoms with Crippen LogP contribution in [0.2, 0.25) is 5.02 Å². The van der Waals surface area contributed by atoms with Gasteiger partial charge in [0.15, 0.2) is 0 Å². The summed E-state index contributed by atoms with van der Waals surface area (Å²) in [6.07, 6.45) is 0.651. The normalized spacial score (nSPS) is 11.3. The predicted octanol–water partition coefficient (Wildman–Crippen LogP) is 2.44. The van der Waals surface area contributed by atoms with Crippen LogP contribution in [-0.2, 0) is 22.5 Å². The van der Waals surface area contributed by atoms with Gasteiger partial charge in [0, 0.05) is 31.5 Å². The van der Waals surface area contributed by atoms with E-state index in [0.29, 0.717) is 48.1 Å². The lowest BCUT2D eigenvalue weighted by molar-refractivity contribution is -0.121. The van der Waals surface area contributed by atoms with Crippen LogP contribution in [0.4, 0.5) is 0 Å². The minimum atomic E-state index is -0.144. The summed E-state index contributed by atoms with van der Waals surface area (Å²) in [4.78, 5) is 25.3. The monoisotopic (exact) mass is 439 g/mol. The lowest BCUT2D eigenvalue weighted by Crippen LogP contribution is -2.27. The van der Waals surface area contributed by atoms with E-state index in [9.17, 15) is 9.59 Å². The summed E-state index contributed by atoms with van der Waals surface area (Å²) < 4.78 is 8.40. The minimum Gasteiger partial charge on any atom is -0.383 e. The Labute approximate surface area is 183 Å². The third-order valence-corrected chi connectivity index (χ3v) is 5.28. The molecule has 8 nitrogen and oxygen atoms in total. The van der Waals surface area contributed by atoms with E-state index in [-0.39, 0.29) is 17.9 Å². The number of carbonyl (C=O) groups is 1. The van der Waals surface area contributed by atoms with Crippen molar-refractivity contribution in [1.29, 1.82) is 0 Å². The molecule has 0 saturated carbocycles. The van der Waals surface area contributed by atoms with Gasteiger partial charge in [0.2, 0.25) is 11.7 Å². The van der Waals surface area contributed by atoms with Crippen molar-refractivity contribution in [2.75, 3.05) is 20.3 Å². The molecule has 2 aromatic carbocycles. The van der Waals surface area contributed by atoms with Crippen molar-refractivity contribution in [3.05, 3.63) is 75.3 Å². The molecule has 2 aromatic heterocycles. The maximum absolute atomic E-state index is 13.2. The summed E-state index contributed by atoms with van der Waals surface area (Å²) in [6.45, 7) is 1.25. The number of amides is 1. The lowest BCUT2D eigenvalue weighted by Gasteiger charge is -2.12. The van der Waals surface area contributed by atoms with Gasteiger partial charge in [-0.1, -0.05) is 35.9 Å². The molecule has 0 atom stereocenters. The van der Waals surface area contributed by atoms with Crippen molar-refractivity contribution in [1.82, 2.24) is 24.5 Å². The van der Waals surface area contributed by atoms with Crippen molar-refractivity contribution in [2.24, 2.45) is 0 Å². The Morgan fingerprint density at radius 3 is 2.68 bits per heavy atom. The molecule has 0 saturated heterocycles. The predicted molar refractivity (Wildman–Crippen MR) is 119 cm³/mol. The maximum atomic E-state index is 13.2. The minimum absolute atomic E-state index is 0.0902. The average Bonchev–Trinajstić information content (AvgIpc) is 3.21. The van der Waals surface area contributed by atoms with Gasteiger partial charge < -0.3 is 10.1 Å². The van der Waals surface area contributed by atoms with Crippen LogP contribution in [0.15, 0.2) is 53.3 Å². The van der Waals surface area contributed by atoms with Crippen LogP contribution in [0, 0.1) is 0 Å². The number of fused-ring (bicyclic) bond motifs is 3. The van der Waals surface area contributed by atoms with Gasteiger partial charge in [-0.3, -0.25) is 18.6 Å². The quantitative estimate of drug-likeness (QED) is 0.426. The highest BCUT2D eigenvalue weighted by molar-refractivity contribution is 6.30. The van der Waals surface area contributed by atoms with Crippen molar-refractivity contribution >= 4 is 34.2 Å². The summed E-state index contributed by atoms with van der Waals surface area (Å²) in [6, 6.07) is 14.7. The van der Waals surface area contributed by atoms with E-state index in [1.54, 1.807) is 29.9 Å². The maximum Gasteiger partial charge on any atom is 0.263 e. The standard InChI is InChI=1S/C22H22ClN5O3/c1-31-13-12-24-20(29)11-10-19-25-26-22-27(14-15-6-8-16(23)9-7-15)21(30)17-4-2-3-5-18(17)28(19)22/h2-9H,10-14H2,1H3,(H,24,29). The van der Waals surface area contributed by atoms with Gasteiger partial charge in [-0.2, -0.15) is 0 Å². The second-order valence-corrected chi connectivity index (χ2v) is 7.57. The van der Waals surface area contributed by atoms with Crippen LogP contribution >= 0.6 is 11.6 Å². The largest absolute Gasteiger partial charge is 0.383 e. The van der Waals surface area contributed by atoms with Crippen LogP contribution in [-0.4, -0.2) is 45.3 Å². The molecule has 0 aliphatic heterocycles. The molecule has 0 fully saturated rings. The van der Waals surface area contributed by atoms with Gasteiger partial charge in [-0.25, -0.2) is 0 Å². The number of carbonyl (C=O) groups excluding carboxylic acids is 1. The molecule has 2 heterocycles. The van der Waals surface area contributed by atoms with Crippen molar-refractivity contribution in [2.45, 2.75) is 19.4 Å². The number of aryl methyl sites for hydroxylation is 1. The third kappa shape index (κ3) is 4.45. The molecular formula is C22H22ClN5O3. The molecule has 31 heavy (non-hydrogen) atoms. The second-order valence-electron chi connectivity index (χ2n) is 7.13. The highest BCUT2D eigenvalue weighted by atomic mass is 35.5. The molecule has 160 valence electrons. The summed E-state index contributed by atoms with van der Waals surface area (Å²) in [5.41, 5.74) is 1.50. The molecule has 0 bridgehead atoms. The number of hydrogen-bond donors (Lipinski definition) is 1. The van der Waals surface area contributed by atoms with E-state index in [1.165, 1.54) is 0 Å². The zero-order valence-corrected chi connectivity index (χ0v) is 17.8. The molecule has 0 aliphatic carbocycles. The molecule has 0 aliphatic rings. The van der Waals surface area contributed by atoms with Gasteiger partial charge in [0.25, 0.3) is 5.56 Å². The van der Waals surface area contributed by atoms with Gasteiger partial charge >= 0.3 is 0 Å².